The van der Waals surface area contributed by atoms with E-state index in [1.54, 1.807) is 0 Å². The molecule has 1 N–H and O–H groups in total. The highest BCUT2D eigenvalue weighted by atomic mass is 35.5. The van der Waals surface area contributed by atoms with Crippen LogP contribution in [0.1, 0.15) is 46.5 Å². The largest absolute Gasteiger partial charge is 0.465 e. The van der Waals surface area contributed by atoms with Crippen molar-refractivity contribution < 1.29 is 14.7 Å². The number of carbonyl (C=O) groups excluding carboxylic acids is 1. The van der Waals surface area contributed by atoms with E-state index in [0.717, 1.165) is 50.6 Å². The fourth-order valence-corrected chi connectivity index (χ4v) is 6.10. The van der Waals surface area contributed by atoms with Crippen molar-refractivity contribution in [2.45, 2.75) is 58.0 Å². The Hall–Kier alpha value is -1.99. The molecule has 8 heteroatoms. The van der Waals surface area contributed by atoms with Crippen molar-refractivity contribution in [1.29, 1.82) is 0 Å². The quantitative estimate of drug-likeness (QED) is 0.711. The molecule has 33 heavy (non-hydrogen) atoms. The van der Waals surface area contributed by atoms with Gasteiger partial charge in [0.1, 0.15) is 0 Å². The van der Waals surface area contributed by atoms with E-state index >= 15 is 0 Å². The Labute approximate surface area is 202 Å². The van der Waals surface area contributed by atoms with E-state index in [1.165, 1.54) is 10.6 Å². The SMILES string of the molecule is CC(C)(C)N1C(=O)C2(CCN(C(=O)O)CC2)C[C@@H]1CCN1CCN(c2cccc(Cl)c2)CC1. The third-order valence-electron chi connectivity index (χ3n) is 7.70. The molecule has 0 radical (unpaired) electrons. The predicted octanol–water partition coefficient (Wildman–Crippen LogP) is 4.01. The number of benzene rings is 1. The Bertz CT molecular complexity index is 871. The number of carboxylic acid groups (broad SMARTS) is 1. The standard InChI is InChI=1S/C25H37ClN4O3/c1-24(2,3)30-21(18-25(22(30)31)8-11-29(12-9-25)23(32)33)7-10-27-13-15-28(16-14-27)20-6-4-5-19(26)17-20/h4-6,17,21H,7-16,18H2,1-3H3,(H,32,33)/t21-/m0/s1. The molecular weight excluding hydrogens is 440 g/mol. The van der Waals surface area contributed by atoms with Gasteiger partial charge in [-0.3, -0.25) is 9.69 Å². The van der Waals surface area contributed by atoms with Crippen LogP contribution in [0.15, 0.2) is 24.3 Å². The zero-order valence-corrected chi connectivity index (χ0v) is 20.9. The molecule has 1 atom stereocenters. The molecule has 0 aliphatic carbocycles. The van der Waals surface area contributed by atoms with Gasteiger partial charge in [-0.05, 0) is 64.7 Å². The zero-order valence-electron chi connectivity index (χ0n) is 20.1. The van der Waals surface area contributed by atoms with Crippen LogP contribution in [0.4, 0.5) is 10.5 Å². The molecule has 7 nitrogen and oxygen atoms in total. The van der Waals surface area contributed by atoms with Gasteiger partial charge < -0.3 is 19.8 Å². The zero-order chi connectivity index (χ0) is 23.8. The van der Waals surface area contributed by atoms with Gasteiger partial charge in [0.05, 0.1) is 5.41 Å². The molecule has 182 valence electrons. The summed E-state index contributed by atoms with van der Waals surface area (Å²) in [5.41, 5.74) is 0.549. The number of nitrogens with zero attached hydrogens (tertiary/aromatic N) is 4. The predicted molar refractivity (Wildman–Crippen MR) is 131 cm³/mol. The molecule has 3 aliphatic rings. The highest BCUT2D eigenvalue weighted by Gasteiger charge is 2.55. The molecule has 4 rings (SSSR count). The molecule has 1 aromatic rings. The molecule has 3 heterocycles. The smallest absolute Gasteiger partial charge is 0.407 e. The summed E-state index contributed by atoms with van der Waals surface area (Å²) in [6.45, 7) is 12.2. The third-order valence-corrected chi connectivity index (χ3v) is 7.94. The van der Waals surface area contributed by atoms with E-state index < -0.39 is 11.5 Å². The van der Waals surface area contributed by atoms with Gasteiger partial charge >= 0.3 is 6.09 Å². The average molecular weight is 477 g/mol. The Morgan fingerprint density at radius 1 is 1.12 bits per heavy atom. The third kappa shape index (κ3) is 5.09. The van der Waals surface area contributed by atoms with Gasteiger partial charge in [0, 0.05) is 68.1 Å². The van der Waals surface area contributed by atoms with Crippen LogP contribution in [0.3, 0.4) is 0 Å². The van der Waals surface area contributed by atoms with E-state index in [1.807, 2.05) is 18.2 Å². The van der Waals surface area contributed by atoms with Crippen molar-refractivity contribution in [2.24, 2.45) is 5.41 Å². The second-order valence-corrected chi connectivity index (χ2v) is 11.3. The lowest BCUT2D eigenvalue weighted by Gasteiger charge is -2.40. The number of hydrogen-bond acceptors (Lipinski definition) is 4. The second kappa shape index (κ2) is 9.34. The summed E-state index contributed by atoms with van der Waals surface area (Å²) in [5, 5.41) is 10.1. The summed E-state index contributed by atoms with van der Waals surface area (Å²) >= 11 is 6.16. The van der Waals surface area contributed by atoms with Crippen molar-refractivity contribution in [1.82, 2.24) is 14.7 Å². The first-order valence-electron chi connectivity index (χ1n) is 12.1. The topological polar surface area (TPSA) is 67.3 Å². The van der Waals surface area contributed by atoms with Gasteiger partial charge in [-0.1, -0.05) is 17.7 Å². The lowest BCUT2D eigenvalue weighted by Crippen LogP contribution is -2.52. The normalized spacial score (nSPS) is 24.1. The summed E-state index contributed by atoms with van der Waals surface area (Å²) in [4.78, 5) is 33.4. The van der Waals surface area contributed by atoms with Crippen molar-refractivity contribution in [3.8, 4) is 0 Å². The molecule has 3 aliphatic heterocycles. The summed E-state index contributed by atoms with van der Waals surface area (Å²) in [7, 11) is 0. The maximum atomic E-state index is 13.6. The minimum atomic E-state index is -0.878. The minimum absolute atomic E-state index is 0.208. The summed E-state index contributed by atoms with van der Waals surface area (Å²) in [5.74, 6) is 0.232. The van der Waals surface area contributed by atoms with E-state index in [4.69, 9.17) is 11.6 Å². The number of carbonyl (C=O) groups is 2. The maximum Gasteiger partial charge on any atom is 0.407 e. The number of halogens is 1. The van der Waals surface area contributed by atoms with Gasteiger partial charge in [-0.25, -0.2) is 4.79 Å². The molecule has 0 saturated carbocycles. The Balaban J connectivity index is 1.36. The van der Waals surface area contributed by atoms with Crippen LogP contribution in [-0.2, 0) is 4.79 Å². The molecule has 0 unspecified atom stereocenters. The average Bonchev–Trinajstić information content (AvgIpc) is 3.04. The molecule has 0 aromatic heterocycles. The number of rotatable bonds is 4. The first-order chi connectivity index (χ1) is 15.6. The summed E-state index contributed by atoms with van der Waals surface area (Å²) < 4.78 is 0. The number of piperazine rings is 1. The fraction of sp³-hybridized carbons (Fsp3) is 0.680. The number of anilines is 1. The fourth-order valence-electron chi connectivity index (χ4n) is 5.91. The summed E-state index contributed by atoms with van der Waals surface area (Å²) in [6.07, 6.45) is 2.21. The molecule has 0 bridgehead atoms. The molecule has 1 aromatic carbocycles. The Kier molecular flexibility index (Phi) is 6.83. The highest BCUT2D eigenvalue weighted by Crippen LogP contribution is 2.47. The van der Waals surface area contributed by atoms with Gasteiger partial charge in [-0.15, -0.1) is 0 Å². The number of piperidine rings is 1. The second-order valence-electron chi connectivity index (χ2n) is 10.9. The van der Waals surface area contributed by atoms with Crippen LogP contribution in [0.5, 0.6) is 0 Å². The van der Waals surface area contributed by atoms with Gasteiger partial charge in [0.2, 0.25) is 5.91 Å². The Morgan fingerprint density at radius 3 is 2.36 bits per heavy atom. The van der Waals surface area contributed by atoms with E-state index in [2.05, 4.69) is 41.5 Å². The van der Waals surface area contributed by atoms with E-state index in [9.17, 15) is 14.7 Å². The van der Waals surface area contributed by atoms with Crippen molar-refractivity contribution >= 4 is 29.3 Å². The number of hydrogen-bond donors (Lipinski definition) is 1. The minimum Gasteiger partial charge on any atom is -0.465 e. The van der Waals surface area contributed by atoms with Crippen LogP contribution in [0.25, 0.3) is 0 Å². The van der Waals surface area contributed by atoms with Crippen LogP contribution in [0, 0.1) is 5.41 Å². The van der Waals surface area contributed by atoms with Crippen LogP contribution in [0.2, 0.25) is 5.02 Å². The molecule has 3 fully saturated rings. The van der Waals surface area contributed by atoms with Crippen molar-refractivity contribution in [3.63, 3.8) is 0 Å². The number of likely N-dealkylation sites (tertiary alicyclic amines) is 2. The lowest BCUT2D eigenvalue weighted by molar-refractivity contribution is -0.143. The van der Waals surface area contributed by atoms with Crippen molar-refractivity contribution in [2.75, 3.05) is 50.7 Å². The lowest BCUT2D eigenvalue weighted by atomic mass is 9.75. The monoisotopic (exact) mass is 476 g/mol. The molecule has 3 saturated heterocycles. The van der Waals surface area contributed by atoms with Crippen molar-refractivity contribution in [3.05, 3.63) is 29.3 Å². The van der Waals surface area contributed by atoms with Gasteiger partial charge in [0.25, 0.3) is 0 Å². The van der Waals surface area contributed by atoms with Crippen LogP contribution in [-0.4, -0.2) is 89.2 Å². The maximum absolute atomic E-state index is 13.6. The summed E-state index contributed by atoms with van der Waals surface area (Å²) in [6, 6.07) is 8.25. The highest BCUT2D eigenvalue weighted by molar-refractivity contribution is 6.30. The van der Waals surface area contributed by atoms with Crippen LogP contribution >= 0.6 is 11.6 Å². The number of amides is 2. The van der Waals surface area contributed by atoms with Crippen LogP contribution < -0.4 is 4.90 Å². The molecule has 2 amide bonds. The first-order valence-corrected chi connectivity index (χ1v) is 12.5. The molecule has 1 spiro atoms. The first kappa shape index (κ1) is 24.1. The van der Waals surface area contributed by atoms with Gasteiger partial charge in [-0.2, -0.15) is 0 Å². The van der Waals surface area contributed by atoms with E-state index in [-0.39, 0.29) is 17.5 Å². The Morgan fingerprint density at radius 2 is 1.79 bits per heavy atom. The van der Waals surface area contributed by atoms with E-state index in [0.29, 0.717) is 25.9 Å². The van der Waals surface area contributed by atoms with Gasteiger partial charge in [0.15, 0.2) is 0 Å². The molecular formula is C25H37ClN4O3.